The predicted molar refractivity (Wildman–Crippen MR) is 126 cm³/mol. The van der Waals surface area contributed by atoms with Crippen molar-refractivity contribution in [3.63, 3.8) is 0 Å². The zero-order chi connectivity index (χ0) is 18.9. The van der Waals surface area contributed by atoms with Gasteiger partial charge >= 0.3 is 0 Å². The lowest BCUT2D eigenvalue weighted by atomic mass is 10.1. The van der Waals surface area contributed by atoms with E-state index in [0.29, 0.717) is 18.4 Å². The second kappa shape index (κ2) is 12.6. The summed E-state index contributed by atoms with van der Waals surface area (Å²) in [5, 5.41) is 18.1. The number of fused-ring (bicyclic) bond motifs is 1. The minimum Gasteiger partial charge on any atom is -0.386 e. The molecule has 156 valence electrons. The van der Waals surface area contributed by atoms with Crippen molar-refractivity contribution in [2.45, 2.75) is 18.9 Å². The summed E-state index contributed by atoms with van der Waals surface area (Å²) in [6, 6.07) is 10.2. The average Bonchev–Trinajstić information content (AvgIpc) is 3.36. The van der Waals surface area contributed by atoms with Gasteiger partial charge in [-0.25, -0.2) is 0 Å². The first-order chi connectivity index (χ1) is 13.3. The molecule has 0 spiro atoms. The summed E-state index contributed by atoms with van der Waals surface area (Å²) in [5.74, 6) is 1.25. The Kier molecular flexibility index (Phi) is 10.5. The van der Waals surface area contributed by atoms with Crippen molar-refractivity contribution >= 4 is 51.4 Å². The van der Waals surface area contributed by atoms with Crippen LogP contribution < -0.4 is 10.6 Å². The smallest absolute Gasteiger partial charge is 0.191 e. The Labute approximate surface area is 187 Å². The van der Waals surface area contributed by atoms with Gasteiger partial charge in [-0.15, -0.1) is 35.3 Å². The third kappa shape index (κ3) is 7.14. The fraction of sp³-hybridized carbons (Fsp3) is 0.550. The number of nitrogens with one attached hydrogen (secondary N) is 2. The molecule has 28 heavy (non-hydrogen) atoms. The van der Waals surface area contributed by atoms with Gasteiger partial charge in [-0.2, -0.15) is 0 Å². The van der Waals surface area contributed by atoms with E-state index in [2.05, 4.69) is 33.8 Å². The van der Waals surface area contributed by atoms with Crippen LogP contribution >= 0.6 is 35.3 Å². The molecule has 0 saturated carbocycles. The Morgan fingerprint density at radius 1 is 1.39 bits per heavy atom. The minimum absolute atomic E-state index is 0. The lowest BCUT2D eigenvalue weighted by molar-refractivity contribution is 0.0888. The Morgan fingerprint density at radius 3 is 3.00 bits per heavy atom. The predicted octanol–water partition coefficient (Wildman–Crippen LogP) is 3.16. The number of thiophene rings is 1. The first-order valence-electron chi connectivity index (χ1n) is 9.53. The molecule has 0 bridgehead atoms. The summed E-state index contributed by atoms with van der Waals surface area (Å²) in [6.45, 7) is 4.41. The molecule has 1 fully saturated rings. The molecular weight excluding hydrogens is 489 g/mol. The SMILES string of the molecule is CN=C(NCCCOCC1CCOC1)NCC(O)c1cc2ccccc2s1.I. The molecule has 1 aromatic heterocycles. The molecule has 3 rings (SSSR count). The van der Waals surface area contributed by atoms with Gasteiger partial charge in [-0.1, -0.05) is 18.2 Å². The van der Waals surface area contributed by atoms with Crippen molar-refractivity contribution in [3.05, 3.63) is 35.2 Å². The number of nitrogens with zero attached hydrogens (tertiary/aromatic N) is 1. The number of rotatable bonds is 9. The first kappa shape index (κ1) is 23.3. The second-order valence-corrected chi connectivity index (χ2v) is 7.86. The van der Waals surface area contributed by atoms with Crippen LogP contribution in [0.3, 0.4) is 0 Å². The maximum Gasteiger partial charge on any atom is 0.191 e. The number of benzene rings is 1. The standard InChI is InChI=1S/C20H29N3O3S.HI/c1-21-20(22-8-4-9-25-13-15-7-10-26-14-15)23-12-17(24)19-11-16-5-2-3-6-18(16)27-19;/h2-3,5-6,11,15,17,24H,4,7-10,12-14H2,1H3,(H2,21,22,23);1H. The first-order valence-corrected chi connectivity index (χ1v) is 10.3. The van der Waals surface area contributed by atoms with E-state index in [1.807, 2.05) is 12.1 Å². The van der Waals surface area contributed by atoms with Crippen LogP contribution in [0.2, 0.25) is 0 Å². The number of aliphatic imine (C=N–C) groups is 1. The highest BCUT2D eigenvalue weighted by atomic mass is 127. The molecule has 2 aromatic rings. The van der Waals surface area contributed by atoms with Crippen LogP contribution in [0.5, 0.6) is 0 Å². The number of aliphatic hydroxyl groups is 1. The van der Waals surface area contributed by atoms with Crippen molar-refractivity contribution in [2.24, 2.45) is 10.9 Å². The molecule has 0 aliphatic carbocycles. The van der Waals surface area contributed by atoms with Gasteiger partial charge in [0.25, 0.3) is 0 Å². The number of aliphatic hydroxyl groups excluding tert-OH is 1. The lowest BCUT2D eigenvalue weighted by Gasteiger charge is -2.15. The molecule has 2 atom stereocenters. The van der Waals surface area contributed by atoms with Gasteiger partial charge in [0.15, 0.2) is 5.96 Å². The highest BCUT2D eigenvalue weighted by Gasteiger charge is 2.15. The number of halogens is 1. The van der Waals surface area contributed by atoms with E-state index in [4.69, 9.17) is 9.47 Å². The fourth-order valence-electron chi connectivity index (χ4n) is 3.03. The van der Waals surface area contributed by atoms with E-state index in [0.717, 1.165) is 50.7 Å². The van der Waals surface area contributed by atoms with E-state index in [1.165, 1.54) is 10.1 Å². The summed E-state index contributed by atoms with van der Waals surface area (Å²) in [5.41, 5.74) is 0. The van der Waals surface area contributed by atoms with Gasteiger partial charge in [0.05, 0.1) is 13.2 Å². The normalized spacial score (nSPS) is 18.1. The van der Waals surface area contributed by atoms with Crippen LogP contribution in [0, 0.1) is 5.92 Å². The molecule has 6 nitrogen and oxygen atoms in total. The Hall–Kier alpha value is -0.940. The van der Waals surface area contributed by atoms with Gasteiger partial charge in [-0.3, -0.25) is 4.99 Å². The highest BCUT2D eigenvalue weighted by Crippen LogP contribution is 2.29. The van der Waals surface area contributed by atoms with Crippen LogP contribution in [0.4, 0.5) is 0 Å². The maximum atomic E-state index is 10.4. The van der Waals surface area contributed by atoms with E-state index in [-0.39, 0.29) is 24.0 Å². The molecule has 3 N–H and O–H groups in total. The fourth-order valence-corrected chi connectivity index (χ4v) is 4.08. The topological polar surface area (TPSA) is 75.1 Å². The summed E-state index contributed by atoms with van der Waals surface area (Å²) >= 11 is 1.63. The number of hydrogen-bond donors (Lipinski definition) is 3. The molecule has 1 aliphatic heterocycles. The van der Waals surface area contributed by atoms with Gasteiger partial charge in [0.2, 0.25) is 0 Å². The number of hydrogen-bond acceptors (Lipinski definition) is 5. The quantitative estimate of drug-likeness (QED) is 0.206. The highest BCUT2D eigenvalue weighted by molar-refractivity contribution is 14.0. The molecule has 1 aliphatic rings. The molecule has 2 heterocycles. The minimum atomic E-state index is -0.557. The lowest BCUT2D eigenvalue weighted by Crippen LogP contribution is -2.39. The zero-order valence-corrected chi connectivity index (χ0v) is 19.4. The van der Waals surface area contributed by atoms with Crippen molar-refractivity contribution in [2.75, 3.05) is 46.6 Å². The van der Waals surface area contributed by atoms with Crippen molar-refractivity contribution in [1.82, 2.24) is 10.6 Å². The summed E-state index contributed by atoms with van der Waals surface area (Å²) in [4.78, 5) is 5.17. The molecule has 0 radical (unpaired) electrons. The van der Waals surface area contributed by atoms with Gasteiger partial charge in [-0.05, 0) is 30.4 Å². The van der Waals surface area contributed by atoms with Crippen LogP contribution in [-0.4, -0.2) is 57.6 Å². The maximum absolute atomic E-state index is 10.4. The van der Waals surface area contributed by atoms with Crippen LogP contribution in [0.25, 0.3) is 10.1 Å². The largest absolute Gasteiger partial charge is 0.386 e. The second-order valence-electron chi connectivity index (χ2n) is 6.74. The van der Waals surface area contributed by atoms with Gasteiger partial charge in [0, 0.05) is 48.8 Å². The van der Waals surface area contributed by atoms with Crippen molar-refractivity contribution in [3.8, 4) is 0 Å². The summed E-state index contributed by atoms with van der Waals surface area (Å²) in [6.07, 6.45) is 1.46. The molecule has 8 heteroatoms. The van der Waals surface area contributed by atoms with E-state index in [1.54, 1.807) is 18.4 Å². The molecule has 0 amide bonds. The summed E-state index contributed by atoms with van der Waals surface area (Å²) < 4.78 is 12.2. The van der Waals surface area contributed by atoms with Gasteiger partial charge < -0.3 is 25.2 Å². The van der Waals surface area contributed by atoms with Crippen LogP contribution in [-0.2, 0) is 9.47 Å². The Bertz CT molecular complexity index is 701. The average molecular weight is 519 g/mol. The third-order valence-electron chi connectivity index (χ3n) is 4.59. The molecule has 1 aromatic carbocycles. The number of guanidine groups is 1. The van der Waals surface area contributed by atoms with Crippen molar-refractivity contribution in [1.29, 1.82) is 0 Å². The number of ether oxygens (including phenoxy) is 2. The van der Waals surface area contributed by atoms with E-state index in [9.17, 15) is 5.11 Å². The monoisotopic (exact) mass is 519 g/mol. The van der Waals surface area contributed by atoms with Gasteiger partial charge in [0.1, 0.15) is 6.10 Å². The summed E-state index contributed by atoms with van der Waals surface area (Å²) in [7, 11) is 1.73. The molecular formula is C20H30IN3O3S. The van der Waals surface area contributed by atoms with E-state index < -0.39 is 6.10 Å². The Morgan fingerprint density at radius 2 is 2.25 bits per heavy atom. The van der Waals surface area contributed by atoms with Crippen molar-refractivity contribution < 1.29 is 14.6 Å². The Balaban J connectivity index is 0.00000280. The van der Waals surface area contributed by atoms with E-state index >= 15 is 0 Å². The van der Waals surface area contributed by atoms with Crippen LogP contribution in [0.15, 0.2) is 35.3 Å². The zero-order valence-electron chi connectivity index (χ0n) is 16.2. The third-order valence-corrected chi connectivity index (χ3v) is 5.81. The molecule has 1 saturated heterocycles. The van der Waals surface area contributed by atoms with Crippen LogP contribution in [0.1, 0.15) is 23.8 Å². The molecule has 2 unspecified atom stereocenters.